The maximum atomic E-state index is 11.9. The van der Waals surface area contributed by atoms with Crippen LogP contribution in [0.2, 0.25) is 0 Å². The molecule has 0 amide bonds. The molecule has 0 aliphatic heterocycles. The van der Waals surface area contributed by atoms with Gasteiger partial charge in [0.2, 0.25) is 0 Å². The van der Waals surface area contributed by atoms with Crippen LogP contribution in [0.15, 0.2) is 24.3 Å². The van der Waals surface area contributed by atoms with Crippen LogP contribution in [0, 0.1) is 10.1 Å². The van der Waals surface area contributed by atoms with Gasteiger partial charge >= 0.3 is 11.9 Å². The second-order valence-electron chi connectivity index (χ2n) is 4.29. The van der Waals surface area contributed by atoms with E-state index in [1.54, 1.807) is 6.92 Å². The quantitative estimate of drug-likeness (QED) is 0.378. The van der Waals surface area contributed by atoms with Gasteiger partial charge in [0.05, 0.1) is 11.5 Å². The van der Waals surface area contributed by atoms with Crippen LogP contribution in [0.3, 0.4) is 0 Å². The predicted molar refractivity (Wildman–Crippen MR) is 77.6 cm³/mol. The Balaban J connectivity index is 2.67. The first kappa shape index (κ1) is 15.2. The van der Waals surface area contributed by atoms with Crippen LogP contribution in [-0.2, 0) is 9.53 Å². The molecule has 0 aliphatic rings. The second-order valence-corrected chi connectivity index (χ2v) is 4.29. The minimum atomic E-state index is -1.20. The number of nitro benzene ring substituents is 1. The smallest absolute Gasteiger partial charge is 0.355 e. The van der Waals surface area contributed by atoms with Crippen molar-refractivity contribution in [2.24, 2.45) is 0 Å². The summed E-state index contributed by atoms with van der Waals surface area (Å²) in [7, 11) is 0. The summed E-state index contributed by atoms with van der Waals surface area (Å²) in [6.45, 7) is 1.79. The molecule has 0 spiro atoms. The molecule has 2 aromatic rings. The van der Waals surface area contributed by atoms with Gasteiger partial charge in [0.1, 0.15) is 5.69 Å². The average molecular weight is 304 g/mol. The van der Waals surface area contributed by atoms with Gasteiger partial charge in [0.15, 0.2) is 0 Å². The Bertz CT molecular complexity index is 790. The Morgan fingerprint density at radius 1 is 1.45 bits per heavy atom. The Hall–Kier alpha value is -3.16. The Labute approximate surface area is 124 Å². The van der Waals surface area contributed by atoms with Crippen molar-refractivity contribution >= 4 is 34.6 Å². The first-order valence-electron chi connectivity index (χ1n) is 6.32. The van der Waals surface area contributed by atoms with Gasteiger partial charge in [-0.1, -0.05) is 0 Å². The number of nitrogens with zero attached hydrogens (tertiary/aromatic N) is 1. The van der Waals surface area contributed by atoms with Gasteiger partial charge in [0, 0.05) is 34.7 Å². The second kappa shape index (κ2) is 6.08. The molecule has 2 rings (SSSR count). The summed E-state index contributed by atoms with van der Waals surface area (Å²) in [6.07, 6.45) is 2.06. The summed E-state index contributed by atoms with van der Waals surface area (Å²) in [6, 6.07) is 4.02. The number of rotatable bonds is 5. The van der Waals surface area contributed by atoms with E-state index in [-0.39, 0.29) is 23.6 Å². The Kier molecular flexibility index (Phi) is 4.21. The van der Waals surface area contributed by atoms with Crippen LogP contribution >= 0.6 is 0 Å². The standard InChI is InChI=1S/C14H12N2O6/c1-2-22-14(19)13-9(4-6-12(17)18)10-7-8(16(20)21)3-5-11(10)15-13/h3-7,15H,2H2,1H3,(H,17,18)/b6-4+. The van der Waals surface area contributed by atoms with Crippen LogP contribution in [0.4, 0.5) is 5.69 Å². The highest BCUT2D eigenvalue weighted by Crippen LogP contribution is 2.28. The number of carboxylic acids is 1. The number of aliphatic carboxylic acids is 1. The highest BCUT2D eigenvalue weighted by Gasteiger charge is 2.19. The maximum absolute atomic E-state index is 11.9. The lowest BCUT2D eigenvalue weighted by Crippen LogP contribution is -2.06. The zero-order valence-electron chi connectivity index (χ0n) is 11.5. The highest BCUT2D eigenvalue weighted by atomic mass is 16.6. The molecular weight excluding hydrogens is 292 g/mol. The third-order valence-corrected chi connectivity index (χ3v) is 2.91. The Morgan fingerprint density at radius 2 is 2.18 bits per heavy atom. The first-order chi connectivity index (χ1) is 10.4. The van der Waals surface area contributed by atoms with E-state index in [0.29, 0.717) is 10.9 Å². The van der Waals surface area contributed by atoms with Crippen molar-refractivity contribution in [3.8, 4) is 0 Å². The number of nitro groups is 1. The lowest BCUT2D eigenvalue weighted by atomic mass is 10.1. The van der Waals surface area contributed by atoms with Crippen molar-refractivity contribution in [2.75, 3.05) is 6.61 Å². The molecule has 0 unspecified atom stereocenters. The predicted octanol–water partition coefficient (Wildman–Crippen LogP) is 2.35. The number of aromatic nitrogens is 1. The first-order valence-corrected chi connectivity index (χ1v) is 6.32. The van der Waals surface area contributed by atoms with Gasteiger partial charge in [-0.25, -0.2) is 9.59 Å². The van der Waals surface area contributed by atoms with Crippen LogP contribution in [-0.4, -0.2) is 33.6 Å². The van der Waals surface area contributed by atoms with Crippen molar-refractivity contribution in [1.82, 2.24) is 4.98 Å². The van der Waals surface area contributed by atoms with Crippen LogP contribution < -0.4 is 0 Å². The molecule has 114 valence electrons. The number of fused-ring (bicyclic) bond motifs is 1. The molecule has 0 saturated heterocycles. The van der Waals surface area contributed by atoms with Gasteiger partial charge in [-0.15, -0.1) is 0 Å². The molecule has 0 atom stereocenters. The number of non-ortho nitro benzene ring substituents is 1. The van der Waals surface area contributed by atoms with E-state index >= 15 is 0 Å². The monoisotopic (exact) mass is 304 g/mol. The fourth-order valence-corrected chi connectivity index (χ4v) is 2.01. The molecule has 0 bridgehead atoms. The summed E-state index contributed by atoms with van der Waals surface area (Å²) in [5.74, 6) is -1.86. The van der Waals surface area contributed by atoms with E-state index in [1.807, 2.05) is 0 Å². The number of hydrogen-bond acceptors (Lipinski definition) is 5. The highest BCUT2D eigenvalue weighted by molar-refractivity contribution is 6.04. The number of carboxylic acid groups (broad SMARTS) is 1. The molecule has 0 fully saturated rings. The van der Waals surface area contributed by atoms with E-state index in [2.05, 4.69) is 4.98 Å². The van der Waals surface area contributed by atoms with Gasteiger partial charge in [-0.2, -0.15) is 0 Å². The van der Waals surface area contributed by atoms with E-state index in [4.69, 9.17) is 9.84 Å². The molecular formula is C14H12N2O6. The molecule has 0 saturated carbocycles. The van der Waals surface area contributed by atoms with Crippen molar-refractivity contribution in [1.29, 1.82) is 0 Å². The van der Waals surface area contributed by atoms with Crippen LogP contribution in [0.1, 0.15) is 23.0 Å². The molecule has 1 heterocycles. The number of benzene rings is 1. The lowest BCUT2D eigenvalue weighted by Gasteiger charge is -2.00. The number of carbonyl (C=O) groups is 2. The summed E-state index contributed by atoms with van der Waals surface area (Å²) in [4.78, 5) is 35.7. The maximum Gasteiger partial charge on any atom is 0.355 e. The summed E-state index contributed by atoms with van der Waals surface area (Å²) in [5, 5.41) is 20.0. The number of hydrogen-bond donors (Lipinski definition) is 2. The van der Waals surface area contributed by atoms with Crippen molar-refractivity contribution in [2.45, 2.75) is 6.92 Å². The number of esters is 1. The van der Waals surface area contributed by atoms with Gasteiger partial charge in [-0.05, 0) is 19.1 Å². The number of ether oxygens (including phenoxy) is 1. The van der Waals surface area contributed by atoms with Crippen molar-refractivity contribution in [3.63, 3.8) is 0 Å². The fourth-order valence-electron chi connectivity index (χ4n) is 2.01. The molecule has 0 radical (unpaired) electrons. The van der Waals surface area contributed by atoms with Crippen LogP contribution in [0.5, 0.6) is 0 Å². The molecule has 1 aromatic carbocycles. The number of H-pyrrole nitrogens is 1. The topological polar surface area (TPSA) is 123 Å². The third kappa shape index (κ3) is 2.95. The zero-order chi connectivity index (χ0) is 16.3. The molecule has 2 N–H and O–H groups in total. The number of carbonyl (C=O) groups excluding carboxylic acids is 1. The van der Waals surface area contributed by atoms with E-state index in [9.17, 15) is 19.7 Å². The van der Waals surface area contributed by atoms with Crippen molar-refractivity contribution in [3.05, 3.63) is 45.6 Å². The fraction of sp³-hybridized carbons (Fsp3) is 0.143. The minimum absolute atomic E-state index is 0.0508. The SMILES string of the molecule is CCOC(=O)c1[nH]c2ccc([N+](=O)[O-])cc2c1/C=C/C(=O)O. The van der Waals surface area contributed by atoms with Gasteiger partial charge in [0.25, 0.3) is 5.69 Å². The minimum Gasteiger partial charge on any atom is -0.478 e. The molecule has 8 heteroatoms. The number of aromatic amines is 1. The molecule has 22 heavy (non-hydrogen) atoms. The van der Waals surface area contributed by atoms with Gasteiger partial charge in [-0.3, -0.25) is 10.1 Å². The average Bonchev–Trinajstić information content (AvgIpc) is 2.83. The van der Waals surface area contributed by atoms with E-state index in [1.165, 1.54) is 24.3 Å². The normalized spacial score (nSPS) is 11.0. The molecule has 0 aliphatic carbocycles. The third-order valence-electron chi connectivity index (χ3n) is 2.91. The summed E-state index contributed by atoms with van der Waals surface area (Å²) in [5.41, 5.74) is 0.597. The van der Waals surface area contributed by atoms with E-state index < -0.39 is 16.9 Å². The largest absolute Gasteiger partial charge is 0.478 e. The lowest BCUT2D eigenvalue weighted by molar-refractivity contribution is -0.384. The summed E-state index contributed by atoms with van der Waals surface area (Å²) < 4.78 is 4.90. The van der Waals surface area contributed by atoms with E-state index in [0.717, 1.165) is 6.08 Å². The molecule has 1 aromatic heterocycles. The zero-order valence-corrected chi connectivity index (χ0v) is 11.5. The van der Waals surface area contributed by atoms with Crippen LogP contribution in [0.25, 0.3) is 17.0 Å². The number of nitrogens with one attached hydrogen (secondary N) is 1. The summed E-state index contributed by atoms with van der Waals surface area (Å²) >= 11 is 0. The Morgan fingerprint density at radius 3 is 2.77 bits per heavy atom. The molecule has 8 nitrogen and oxygen atoms in total. The van der Waals surface area contributed by atoms with Crippen molar-refractivity contribution < 1.29 is 24.4 Å². The van der Waals surface area contributed by atoms with Gasteiger partial charge < -0.3 is 14.8 Å².